The standard InChI is InChI=1S/C20H27N7O/c1-4-15-11-23-18(24-12-15)26-13-16-20(14-26,17(28)25(2)3)7-5-10-27(16)19-21-8-6-9-22-19/h6,8-9,11-12,16H,4-5,7,10,13-14H2,1-3H3/t16-,20-/m0/s1. The number of fused-ring (bicyclic) bond motifs is 1. The van der Waals surface area contributed by atoms with Gasteiger partial charge in [0.05, 0.1) is 11.5 Å². The van der Waals surface area contributed by atoms with Gasteiger partial charge in [0, 0.05) is 58.5 Å². The Morgan fingerprint density at radius 2 is 1.89 bits per heavy atom. The second kappa shape index (κ2) is 7.33. The van der Waals surface area contributed by atoms with Gasteiger partial charge in [-0.3, -0.25) is 4.79 Å². The molecule has 8 heteroatoms. The van der Waals surface area contributed by atoms with E-state index in [0.717, 1.165) is 31.4 Å². The molecule has 2 aromatic heterocycles. The molecule has 0 unspecified atom stereocenters. The number of aromatic nitrogens is 4. The van der Waals surface area contributed by atoms with Gasteiger partial charge < -0.3 is 14.7 Å². The summed E-state index contributed by atoms with van der Waals surface area (Å²) in [5.74, 6) is 1.53. The summed E-state index contributed by atoms with van der Waals surface area (Å²) in [6.07, 6.45) is 9.95. The molecule has 2 aliphatic heterocycles. The molecule has 0 aromatic carbocycles. The first kappa shape index (κ1) is 18.6. The van der Waals surface area contributed by atoms with Crippen molar-refractivity contribution >= 4 is 17.8 Å². The average Bonchev–Trinajstić information content (AvgIpc) is 3.14. The van der Waals surface area contributed by atoms with E-state index in [1.807, 2.05) is 32.6 Å². The summed E-state index contributed by atoms with van der Waals surface area (Å²) in [7, 11) is 3.67. The van der Waals surface area contributed by atoms with Gasteiger partial charge in [0.1, 0.15) is 0 Å². The van der Waals surface area contributed by atoms with Crippen LogP contribution in [0.15, 0.2) is 30.9 Å². The maximum absolute atomic E-state index is 13.3. The largest absolute Gasteiger partial charge is 0.348 e. The molecule has 148 valence electrons. The fourth-order valence-electron chi connectivity index (χ4n) is 4.54. The van der Waals surface area contributed by atoms with Gasteiger partial charge in [0.2, 0.25) is 17.8 Å². The van der Waals surface area contributed by atoms with Crippen LogP contribution in [0.2, 0.25) is 0 Å². The number of carbonyl (C=O) groups is 1. The minimum absolute atomic E-state index is 0.00648. The van der Waals surface area contributed by atoms with Gasteiger partial charge in [0.25, 0.3) is 0 Å². The quantitative estimate of drug-likeness (QED) is 0.792. The summed E-state index contributed by atoms with van der Waals surface area (Å²) >= 11 is 0. The zero-order valence-electron chi connectivity index (χ0n) is 16.7. The van der Waals surface area contributed by atoms with Crippen molar-refractivity contribution < 1.29 is 4.79 Å². The normalized spacial score (nSPS) is 24.2. The topological polar surface area (TPSA) is 78.4 Å². The van der Waals surface area contributed by atoms with Crippen molar-refractivity contribution in [2.75, 3.05) is 43.5 Å². The van der Waals surface area contributed by atoms with Crippen LogP contribution in [0, 0.1) is 5.41 Å². The Hall–Kier alpha value is -2.77. The van der Waals surface area contributed by atoms with Crippen molar-refractivity contribution in [2.45, 2.75) is 32.2 Å². The van der Waals surface area contributed by atoms with Crippen LogP contribution in [0.1, 0.15) is 25.3 Å². The molecule has 0 bridgehead atoms. The summed E-state index contributed by atoms with van der Waals surface area (Å²) in [5, 5.41) is 0. The molecule has 0 radical (unpaired) electrons. The molecule has 0 N–H and O–H groups in total. The summed E-state index contributed by atoms with van der Waals surface area (Å²) in [6.45, 7) is 4.23. The van der Waals surface area contributed by atoms with Crippen LogP contribution in [-0.2, 0) is 11.2 Å². The monoisotopic (exact) mass is 381 g/mol. The van der Waals surface area contributed by atoms with Crippen LogP contribution in [0.25, 0.3) is 0 Å². The lowest BCUT2D eigenvalue weighted by Gasteiger charge is -2.45. The number of hydrogen-bond acceptors (Lipinski definition) is 7. The van der Waals surface area contributed by atoms with E-state index in [2.05, 4.69) is 36.7 Å². The van der Waals surface area contributed by atoms with E-state index in [-0.39, 0.29) is 11.9 Å². The van der Waals surface area contributed by atoms with Gasteiger partial charge in [-0.1, -0.05) is 6.92 Å². The maximum Gasteiger partial charge on any atom is 0.232 e. The maximum atomic E-state index is 13.3. The molecular formula is C20H27N7O. The fourth-order valence-corrected chi connectivity index (χ4v) is 4.54. The molecule has 4 rings (SSSR count). The number of nitrogens with zero attached hydrogens (tertiary/aromatic N) is 7. The van der Waals surface area contributed by atoms with E-state index < -0.39 is 5.41 Å². The summed E-state index contributed by atoms with van der Waals surface area (Å²) in [5.41, 5.74) is 0.604. The minimum Gasteiger partial charge on any atom is -0.348 e. The Bertz CT molecular complexity index is 826. The number of amides is 1. The number of rotatable bonds is 4. The summed E-state index contributed by atoms with van der Waals surface area (Å²) in [4.78, 5) is 37.4. The molecule has 2 atom stereocenters. The van der Waals surface area contributed by atoms with Crippen LogP contribution >= 0.6 is 0 Å². The molecule has 0 saturated carbocycles. The summed E-state index contributed by atoms with van der Waals surface area (Å²) in [6, 6.07) is 1.81. The Morgan fingerprint density at radius 3 is 2.54 bits per heavy atom. The Kier molecular flexibility index (Phi) is 4.87. The van der Waals surface area contributed by atoms with Gasteiger partial charge in [-0.05, 0) is 30.9 Å². The first-order valence-corrected chi connectivity index (χ1v) is 9.86. The second-order valence-corrected chi connectivity index (χ2v) is 7.84. The zero-order valence-corrected chi connectivity index (χ0v) is 16.7. The Labute approximate surface area is 165 Å². The number of anilines is 2. The highest BCUT2D eigenvalue weighted by Crippen LogP contribution is 2.44. The first-order chi connectivity index (χ1) is 13.5. The second-order valence-electron chi connectivity index (χ2n) is 7.84. The number of carbonyl (C=O) groups excluding carboxylic acids is 1. The predicted molar refractivity (Wildman–Crippen MR) is 107 cm³/mol. The van der Waals surface area contributed by atoms with Crippen molar-refractivity contribution in [1.29, 1.82) is 0 Å². The van der Waals surface area contributed by atoms with Crippen molar-refractivity contribution in [3.8, 4) is 0 Å². The van der Waals surface area contributed by atoms with Crippen LogP contribution < -0.4 is 9.80 Å². The van der Waals surface area contributed by atoms with Crippen molar-refractivity contribution in [1.82, 2.24) is 24.8 Å². The minimum atomic E-state index is -0.506. The third kappa shape index (κ3) is 3.06. The Morgan fingerprint density at radius 1 is 1.18 bits per heavy atom. The van der Waals surface area contributed by atoms with Crippen molar-refractivity contribution in [3.05, 3.63) is 36.4 Å². The predicted octanol–water partition coefficient (Wildman–Crippen LogP) is 1.39. The zero-order chi connectivity index (χ0) is 19.7. The van der Waals surface area contributed by atoms with Crippen LogP contribution in [-0.4, -0.2) is 70.5 Å². The van der Waals surface area contributed by atoms with Gasteiger partial charge in [0.15, 0.2) is 0 Å². The highest BCUT2D eigenvalue weighted by molar-refractivity contribution is 5.86. The van der Waals surface area contributed by atoms with E-state index in [0.29, 0.717) is 25.0 Å². The molecule has 2 aliphatic rings. The lowest BCUT2D eigenvalue weighted by Crippen LogP contribution is -2.58. The Balaban J connectivity index is 1.71. The van der Waals surface area contributed by atoms with Crippen molar-refractivity contribution in [2.24, 2.45) is 5.41 Å². The van der Waals surface area contributed by atoms with Gasteiger partial charge in [-0.2, -0.15) is 0 Å². The molecule has 0 aliphatic carbocycles. The molecule has 0 spiro atoms. The lowest BCUT2D eigenvalue weighted by molar-refractivity contribution is -0.140. The van der Waals surface area contributed by atoms with Gasteiger partial charge in [-0.25, -0.2) is 19.9 Å². The first-order valence-electron chi connectivity index (χ1n) is 9.86. The van der Waals surface area contributed by atoms with E-state index in [1.54, 1.807) is 17.3 Å². The highest BCUT2D eigenvalue weighted by Gasteiger charge is 2.57. The molecule has 2 fully saturated rings. The molecule has 4 heterocycles. The van der Waals surface area contributed by atoms with E-state index >= 15 is 0 Å². The van der Waals surface area contributed by atoms with Gasteiger partial charge in [-0.15, -0.1) is 0 Å². The van der Waals surface area contributed by atoms with E-state index in [4.69, 9.17) is 0 Å². The SMILES string of the molecule is CCc1cnc(N2C[C@@H]3N(c4ncccn4)CCC[C@]3(C(=O)N(C)C)C2)nc1. The highest BCUT2D eigenvalue weighted by atomic mass is 16.2. The molecular weight excluding hydrogens is 354 g/mol. The van der Waals surface area contributed by atoms with Crippen molar-refractivity contribution in [3.63, 3.8) is 0 Å². The van der Waals surface area contributed by atoms with Gasteiger partial charge >= 0.3 is 0 Å². The molecule has 2 saturated heterocycles. The molecule has 28 heavy (non-hydrogen) atoms. The average molecular weight is 381 g/mol. The van der Waals surface area contributed by atoms with E-state index in [9.17, 15) is 4.79 Å². The lowest BCUT2D eigenvalue weighted by atomic mass is 9.74. The van der Waals surface area contributed by atoms with Crippen LogP contribution in [0.5, 0.6) is 0 Å². The molecule has 1 amide bonds. The third-order valence-electron chi connectivity index (χ3n) is 5.93. The number of piperidine rings is 1. The van der Waals surface area contributed by atoms with Crippen LogP contribution in [0.3, 0.4) is 0 Å². The third-order valence-corrected chi connectivity index (χ3v) is 5.93. The molecule has 2 aromatic rings. The number of hydrogen-bond donors (Lipinski definition) is 0. The molecule has 8 nitrogen and oxygen atoms in total. The number of aryl methyl sites for hydroxylation is 1. The van der Waals surface area contributed by atoms with Crippen LogP contribution in [0.4, 0.5) is 11.9 Å². The summed E-state index contributed by atoms with van der Waals surface area (Å²) < 4.78 is 0. The smallest absolute Gasteiger partial charge is 0.232 e. The fraction of sp³-hybridized carbons (Fsp3) is 0.550. The van der Waals surface area contributed by atoms with E-state index in [1.165, 1.54) is 0 Å².